The highest BCUT2D eigenvalue weighted by atomic mass is 32.2. The predicted octanol–water partition coefficient (Wildman–Crippen LogP) is 3.70. The molecule has 34 heavy (non-hydrogen) atoms. The van der Waals surface area contributed by atoms with E-state index in [4.69, 9.17) is 0 Å². The number of pyridine rings is 1. The van der Waals surface area contributed by atoms with Crippen molar-refractivity contribution in [2.75, 3.05) is 22.7 Å². The zero-order valence-corrected chi connectivity index (χ0v) is 19.2. The lowest BCUT2D eigenvalue weighted by Crippen LogP contribution is -2.32. The minimum atomic E-state index is -4.31. The molecule has 4 heterocycles. The Morgan fingerprint density at radius 3 is 2.65 bits per heavy atom. The van der Waals surface area contributed by atoms with E-state index < -0.39 is 22.7 Å². The molecule has 0 bridgehead atoms. The molecule has 0 unspecified atom stereocenters. The van der Waals surface area contributed by atoms with Crippen LogP contribution in [-0.4, -0.2) is 47.0 Å². The van der Waals surface area contributed by atoms with Crippen LogP contribution in [0, 0.1) is 0 Å². The number of halogens is 3. The number of hydrogen-bond acceptors (Lipinski definition) is 5. The topological polar surface area (TPSA) is 85.0 Å². The largest absolute Gasteiger partial charge is 0.405 e. The molecule has 1 aliphatic rings. The molecule has 0 aliphatic carbocycles. The normalized spacial score (nSPS) is 14.1. The first-order valence-corrected chi connectivity index (χ1v) is 11.9. The first-order valence-electron chi connectivity index (χ1n) is 10.4. The summed E-state index contributed by atoms with van der Waals surface area (Å²) in [4.78, 5) is 5.71. The fourth-order valence-electron chi connectivity index (χ4n) is 4.33. The summed E-state index contributed by atoms with van der Waals surface area (Å²) in [5, 5.41) is 4.39. The fourth-order valence-corrected chi connectivity index (χ4v) is 5.38. The highest BCUT2D eigenvalue weighted by Crippen LogP contribution is 2.39. The zero-order chi connectivity index (χ0) is 24.3. The molecule has 12 heteroatoms. The van der Waals surface area contributed by atoms with Crippen molar-refractivity contribution in [3.63, 3.8) is 0 Å². The van der Waals surface area contributed by atoms with E-state index in [0.29, 0.717) is 46.5 Å². The van der Waals surface area contributed by atoms with Gasteiger partial charge in [0.25, 0.3) is 10.0 Å². The maximum Gasteiger partial charge on any atom is 0.405 e. The second-order valence-corrected chi connectivity index (χ2v) is 9.90. The van der Waals surface area contributed by atoms with Crippen molar-refractivity contribution in [2.24, 2.45) is 14.1 Å². The minimum absolute atomic E-state index is 0.127. The van der Waals surface area contributed by atoms with Gasteiger partial charge in [0.15, 0.2) is 5.03 Å². The predicted molar refractivity (Wildman–Crippen MR) is 122 cm³/mol. The Balaban J connectivity index is 1.60. The fraction of sp³-hybridized carbons (Fsp3) is 0.273. The van der Waals surface area contributed by atoms with Gasteiger partial charge in [-0.2, -0.15) is 26.7 Å². The Morgan fingerprint density at radius 1 is 1.15 bits per heavy atom. The van der Waals surface area contributed by atoms with Gasteiger partial charge in [-0.05, 0) is 35.7 Å². The van der Waals surface area contributed by atoms with Gasteiger partial charge in [-0.25, -0.2) is 4.98 Å². The standard InChI is InChI=1S/C22H21F3N6O2S/c1-29-12-16(15-4-3-14-6-10-31(18(14)11-15)13-22(23,24)25)20-17(5-8-26-21(20)29)28-34(32,33)19-7-9-30(2)27-19/h3-5,7-9,11-12H,6,10,13H2,1-2H3,(H,26,28). The first kappa shape index (κ1) is 22.3. The molecule has 8 nitrogen and oxygen atoms in total. The quantitative estimate of drug-likeness (QED) is 0.461. The summed E-state index contributed by atoms with van der Waals surface area (Å²) in [6.45, 7) is -0.722. The highest BCUT2D eigenvalue weighted by molar-refractivity contribution is 7.92. The summed E-state index contributed by atoms with van der Waals surface area (Å²) in [6.07, 6.45) is 1.05. The van der Waals surface area contributed by atoms with Crippen molar-refractivity contribution < 1.29 is 21.6 Å². The maximum atomic E-state index is 13.1. The Hall–Kier alpha value is -3.54. The molecule has 0 radical (unpaired) electrons. The summed E-state index contributed by atoms with van der Waals surface area (Å²) in [7, 11) is -0.568. The number of sulfonamides is 1. The van der Waals surface area contributed by atoms with Gasteiger partial charge in [-0.1, -0.05) is 12.1 Å². The van der Waals surface area contributed by atoms with Crippen LogP contribution in [-0.2, 0) is 30.5 Å². The third-order valence-electron chi connectivity index (χ3n) is 5.82. The third kappa shape index (κ3) is 3.98. The van der Waals surface area contributed by atoms with Gasteiger partial charge in [0, 0.05) is 50.5 Å². The van der Waals surface area contributed by atoms with Crippen LogP contribution < -0.4 is 9.62 Å². The van der Waals surface area contributed by atoms with E-state index in [1.54, 1.807) is 37.0 Å². The summed E-state index contributed by atoms with van der Waals surface area (Å²) in [5.74, 6) is 0. The molecule has 0 fully saturated rings. The van der Waals surface area contributed by atoms with Crippen LogP contribution in [0.2, 0.25) is 0 Å². The van der Waals surface area contributed by atoms with E-state index in [9.17, 15) is 21.6 Å². The number of benzene rings is 1. The number of alkyl halides is 3. The van der Waals surface area contributed by atoms with Crippen LogP contribution in [0.25, 0.3) is 22.2 Å². The second kappa shape index (κ2) is 7.76. The van der Waals surface area contributed by atoms with Crippen LogP contribution in [0.3, 0.4) is 0 Å². The molecule has 3 aromatic heterocycles. The molecule has 4 aromatic rings. The molecule has 0 saturated carbocycles. The number of rotatable bonds is 5. The number of fused-ring (bicyclic) bond motifs is 2. The van der Waals surface area contributed by atoms with Crippen LogP contribution in [0.5, 0.6) is 0 Å². The number of aromatic nitrogens is 4. The lowest BCUT2D eigenvalue weighted by atomic mass is 10.0. The molecule has 1 N–H and O–H groups in total. The van der Waals surface area contributed by atoms with Crippen molar-refractivity contribution in [3.05, 3.63) is 54.5 Å². The van der Waals surface area contributed by atoms with Crippen molar-refractivity contribution in [3.8, 4) is 11.1 Å². The van der Waals surface area contributed by atoms with Gasteiger partial charge in [-0.3, -0.25) is 9.40 Å². The summed E-state index contributed by atoms with van der Waals surface area (Å²) >= 11 is 0. The summed E-state index contributed by atoms with van der Waals surface area (Å²) in [6, 6.07) is 8.34. The van der Waals surface area contributed by atoms with E-state index in [1.807, 2.05) is 12.1 Å². The lowest BCUT2D eigenvalue weighted by Gasteiger charge is -2.21. The lowest BCUT2D eigenvalue weighted by molar-refractivity contribution is -0.119. The van der Waals surface area contributed by atoms with E-state index in [0.717, 1.165) is 5.56 Å². The maximum absolute atomic E-state index is 13.1. The Labute approximate surface area is 193 Å². The number of nitrogens with one attached hydrogen (secondary N) is 1. The van der Waals surface area contributed by atoms with E-state index in [1.165, 1.54) is 28.0 Å². The molecule has 0 saturated heterocycles. The summed E-state index contributed by atoms with van der Waals surface area (Å²) in [5.41, 5.74) is 3.55. The molecule has 0 amide bonds. The molecule has 1 aliphatic heterocycles. The van der Waals surface area contributed by atoms with Gasteiger partial charge in [-0.15, -0.1) is 0 Å². The first-order chi connectivity index (χ1) is 16.0. The average Bonchev–Trinajstić information content (AvgIpc) is 3.45. The highest BCUT2D eigenvalue weighted by Gasteiger charge is 2.34. The molecule has 0 atom stereocenters. The van der Waals surface area contributed by atoms with E-state index in [2.05, 4.69) is 14.8 Å². The number of anilines is 2. The van der Waals surface area contributed by atoms with Crippen LogP contribution in [0.15, 0.2) is 53.9 Å². The van der Waals surface area contributed by atoms with Crippen molar-refractivity contribution in [2.45, 2.75) is 17.6 Å². The van der Waals surface area contributed by atoms with Crippen LogP contribution in [0.1, 0.15) is 5.56 Å². The van der Waals surface area contributed by atoms with Crippen LogP contribution in [0.4, 0.5) is 24.5 Å². The number of hydrogen-bond donors (Lipinski definition) is 1. The summed E-state index contributed by atoms with van der Waals surface area (Å²) < 4.78 is 70.8. The molecule has 178 valence electrons. The SMILES string of the molecule is Cn1ccc(S(=O)(=O)Nc2ccnc3c2c(-c2ccc4c(c2)N(CC(F)(F)F)CC4)cn3C)n1. The Morgan fingerprint density at radius 2 is 1.94 bits per heavy atom. The molecular weight excluding hydrogens is 469 g/mol. The molecular formula is C22H21F3N6O2S. The van der Waals surface area contributed by atoms with Gasteiger partial charge in [0.05, 0.1) is 11.1 Å². The van der Waals surface area contributed by atoms with Crippen molar-refractivity contribution in [1.82, 2.24) is 19.3 Å². The number of nitrogens with zero attached hydrogens (tertiary/aromatic N) is 5. The van der Waals surface area contributed by atoms with Gasteiger partial charge in [0.1, 0.15) is 12.2 Å². The van der Waals surface area contributed by atoms with Crippen molar-refractivity contribution >= 4 is 32.4 Å². The third-order valence-corrected chi connectivity index (χ3v) is 7.08. The van der Waals surface area contributed by atoms with Crippen LogP contribution >= 0.6 is 0 Å². The minimum Gasteiger partial charge on any atom is -0.362 e. The smallest absolute Gasteiger partial charge is 0.362 e. The Kier molecular flexibility index (Phi) is 5.08. The van der Waals surface area contributed by atoms with Gasteiger partial charge < -0.3 is 9.47 Å². The zero-order valence-electron chi connectivity index (χ0n) is 18.3. The van der Waals surface area contributed by atoms with Gasteiger partial charge in [0.2, 0.25) is 0 Å². The molecule has 1 aromatic carbocycles. The molecule has 5 rings (SSSR count). The van der Waals surface area contributed by atoms with Gasteiger partial charge >= 0.3 is 6.18 Å². The average molecular weight is 491 g/mol. The second-order valence-electron chi connectivity index (χ2n) is 8.27. The molecule has 0 spiro atoms. The van der Waals surface area contributed by atoms with E-state index in [-0.39, 0.29) is 5.03 Å². The van der Waals surface area contributed by atoms with Crippen molar-refractivity contribution in [1.29, 1.82) is 0 Å². The number of aryl methyl sites for hydroxylation is 2. The Bertz CT molecular complexity index is 1510. The monoisotopic (exact) mass is 490 g/mol. The van der Waals surface area contributed by atoms with E-state index >= 15 is 0 Å².